The Labute approximate surface area is 134 Å². The number of nitrogens with zero attached hydrogens (tertiary/aromatic N) is 3. The zero-order valence-corrected chi connectivity index (χ0v) is 13.8. The van der Waals surface area contributed by atoms with Crippen LogP contribution in [0.5, 0.6) is 0 Å². The summed E-state index contributed by atoms with van der Waals surface area (Å²) in [5, 5.41) is 7.37. The van der Waals surface area contributed by atoms with Gasteiger partial charge in [0.25, 0.3) is 5.91 Å². The summed E-state index contributed by atoms with van der Waals surface area (Å²) < 4.78 is 1.73. The Morgan fingerprint density at radius 2 is 2.09 bits per heavy atom. The van der Waals surface area contributed by atoms with Gasteiger partial charge in [0.15, 0.2) is 0 Å². The molecule has 0 saturated carbocycles. The number of benzene rings is 1. The highest BCUT2D eigenvalue weighted by molar-refractivity contribution is 5.96. The maximum atomic E-state index is 12.7. The number of fused-ring (bicyclic) bond motifs is 1. The van der Waals surface area contributed by atoms with Crippen LogP contribution >= 0.6 is 0 Å². The van der Waals surface area contributed by atoms with Crippen LogP contribution in [0.1, 0.15) is 47.0 Å². The lowest BCUT2D eigenvalue weighted by molar-refractivity contribution is 0.0932. The molecule has 0 bridgehead atoms. The molecule has 23 heavy (non-hydrogen) atoms. The molecule has 2 aromatic heterocycles. The predicted molar refractivity (Wildman–Crippen MR) is 89.3 cm³/mol. The first-order valence-electron chi connectivity index (χ1n) is 7.77. The Morgan fingerprint density at radius 3 is 2.70 bits per heavy atom. The molecule has 0 aliphatic rings. The molecule has 0 saturated heterocycles. The van der Waals surface area contributed by atoms with Gasteiger partial charge in [0.05, 0.1) is 28.3 Å². The van der Waals surface area contributed by atoms with Gasteiger partial charge in [-0.2, -0.15) is 5.10 Å². The largest absolute Gasteiger partial charge is 0.342 e. The molecular weight excluding hydrogens is 290 g/mol. The van der Waals surface area contributed by atoms with E-state index >= 15 is 0 Å². The summed E-state index contributed by atoms with van der Waals surface area (Å²) in [6, 6.07) is 7.70. The van der Waals surface area contributed by atoms with E-state index in [9.17, 15) is 4.79 Å². The molecule has 0 fully saturated rings. The highest BCUT2D eigenvalue weighted by atomic mass is 16.1. The van der Waals surface area contributed by atoms with E-state index in [2.05, 4.69) is 20.4 Å². The molecule has 2 N–H and O–H groups in total. The van der Waals surface area contributed by atoms with E-state index in [0.717, 1.165) is 34.7 Å². The van der Waals surface area contributed by atoms with Gasteiger partial charge in [-0.3, -0.25) is 9.48 Å². The van der Waals surface area contributed by atoms with Crippen LogP contribution in [-0.4, -0.2) is 25.7 Å². The van der Waals surface area contributed by atoms with Gasteiger partial charge >= 0.3 is 0 Å². The van der Waals surface area contributed by atoms with Crippen LogP contribution in [0.2, 0.25) is 0 Å². The summed E-state index contributed by atoms with van der Waals surface area (Å²) in [5.74, 6) is 0.668. The molecule has 6 heteroatoms. The normalized spacial score (nSPS) is 12.5. The highest BCUT2D eigenvalue weighted by Crippen LogP contribution is 2.20. The van der Waals surface area contributed by atoms with Crippen LogP contribution in [0.4, 0.5) is 0 Å². The molecular formula is C17H21N5O. The zero-order chi connectivity index (χ0) is 16.6. The molecule has 3 rings (SSSR count). The summed E-state index contributed by atoms with van der Waals surface area (Å²) in [7, 11) is 1.84. The van der Waals surface area contributed by atoms with E-state index in [4.69, 9.17) is 0 Å². The van der Waals surface area contributed by atoms with Crippen LogP contribution in [0.3, 0.4) is 0 Å². The average molecular weight is 311 g/mol. The van der Waals surface area contributed by atoms with Crippen molar-refractivity contribution in [3.8, 4) is 0 Å². The van der Waals surface area contributed by atoms with Gasteiger partial charge < -0.3 is 10.3 Å². The maximum absolute atomic E-state index is 12.7. The van der Waals surface area contributed by atoms with Crippen molar-refractivity contribution in [3.05, 3.63) is 47.0 Å². The van der Waals surface area contributed by atoms with Gasteiger partial charge in [-0.05, 0) is 32.4 Å². The van der Waals surface area contributed by atoms with Gasteiger partial charge in [0.2, 0.25) is 0 Å². The number of aryl methyl sites for hydroxylation is 2. The van der Waals surface area contributed by atoms with E-state index in [1.807, 2.05) is 52.1 Å². The van der Waals surface area contributed by atoms with Crippen LogP contribution < -0.4 is 5.32 Å². The molecule has 6 nitrogen and oxygen atoms in total. The Hall–Kier alpha value is -2.63. The second-order valence-electron chi connectivity index (χ2n) is 5.74. The molecule has 0 radical (unpaired) electrons. The van der Waals surface area contributed by atoms with Gasteiger partial charge in [-0.1, -0.05) is 19.1 Å². The second-order valence-corrected chi connectivity index (χ2v) is 5.74. The van der Waals surface area contributed by atoms with E-state index in [1.54, 1.807) is 4.68 Å². The van der Waals surface area contributed by atoms with Crippen molar-refractivity contribution in [1.29, 1.82) is 0 Å². The smallest absolute Gasteiger partial charge is 0.255 e. The van der Waals surface area contributed by atoms with Gasteiger partial charge in [-0.25, -0.2) is 4.98 Å². The third-order valence-corrected chi connectivity index (χ3v) is 4.19. The van der Waals surface area contributed by atoms with Crippen molar-refractivity contribution >= 4 is 16.9 Å². The fourth-order valence-corrected chi connectivity index (χ4v) is 2.83. The molecule has 2 heterocycles. The Balaban J connectivity index is 1.88. The minimum Gasteiger partial charge on any atom is -0.342 e. The number of hydrogen-bond donors (Lipinski definition) is 2. The number of nitrogens with one attached hydrogen (secondary N) is 2. The predicted octanol–water partition coefficient (Wildman–Crippen LogP) is 2.79. The topological polar surface area (TPSA) is 75.6 Å². The van der Waals surface area contributed by atoms with Crippen molar-refractivity contribution in [2.75, 3.05) is 0 Å². The standard InChI is InChI=1S/C17H21N5O/c1-5-12(16-18-13-8-6-7-9-14(13)19-16)20-17(23)15-10(2)21-22(4)11(15)3/h6-9,12H,5H2,1-4H3,(H,18,19)(H,20,23)/t12-/m0/s1. The van der Waals surface area contributed by atoms with Crippen molar-refractivity contribution < 1.29 is 4.79 Å². The maximum Gasteiger partial charge on any atom is 0.255 e. The van der Waals surface area contributed by atoms with Crippen molar-refractivity contribution in [2.45, 2.75) is 33.2 Å². The summed E-state index contributed by atoms with van der Waals surface area (Å²) in [4.78, 5) is 20.5. The first kappa shape index (κ1) is 15.3. The van der Waals surface area contributed by atoms with E-state index in [1.165, 1.54) is 0 Å². The first-order valence-corrected chi connectivity index (χ1v) is 7.77. The SMILES string of the molecule is CC[C@H](NC(=O)c1c(C)nn(C)c1C)c1nc2ccccc2[nH]1. The lowest BCUT2D eigenvalue weighted by Crippen LogP contribution is -2.29. The molecule has 1 amide bonds. The molecule has 0 aliphatic carbocycles. The third kappa shape index (κ3) is 2.72. The average Bonchev–Trinajstić information content (AvgIpc) is 3.06. The third-order valence-electron chi connectivity index (χ3n) is 4.19. The number of amides is 1. The number of rotatable bonds is 4. The first-order chi connectivity index (χ1) is 11.0. The number of aromatic nitrogens is 4. The molecule has 1 aromatic carbocycles. The van der Waals surface area contributed by atoms with E-state index < -0.39 is 0 Å². The summed E-state index contributed by atoms with van der Waals surface area (Å²) in [6.45, 7) is 5.78. The van der Waals surface area contributed by atoms with Crippen LogP contribution in [0.15, 0.2) is 24.3 Å². The number of hydrogen-bond acceptors (Lipinski definition) is 3. The summed E-state index contributed by atoms with van der Waals surface area (Å²) >= 11 is 0. The van der Waals surface area contributed by atoms with E-state index in [-0.39, 0.29) is 11.9 Å². The summed E-state index contributed by atoms with van der Waals surface area (Å²) in [5.41, 5.74) is 4.12. The molecule has 120 valence electrons. The van der Waals surface area contributed by atoms with Crippen molar-refractivity contribution in [2.24, 2.45) is 7.05 Å². The minimum absolute atomic E-state index is 0.111. The molecule has 0 unspecified atom stereocenters. The van der Waals surface area contributed by atoms with Crippen LogP contribution in [0, 0.1) is 13.8 Å². The quantitative estimate of drug-likeness (QED) is 0.778. The van der Waals surface area contributed by atoms with Crippen molar-refractivity contribution in [1.82, 2.24) is 25.1 Å². The Morgan fingerprint density at radius 1 is 1.35 bits per heavy atom. The van der Waals surface area contributed by atoms with E-state index in [0.29, 0.717) is 5.56 Å². The number of carbonyl (C=O) groups is 1. The van der Waals surface area contributed by atoms with Gasteiger partial charge in [-0.15, -0.1) is 0 Å². The summed E-state index contributed by atoms with van der Waals surface area (Å²) in [6.07, 6.45) is 0.754. The minimum atomic E-state index is -0.158. The Bertz CT molecular complexity index is 828. The van der Waals surface area contributed by atoms with Crippen LogP contribution in [-0.2, 0) is 7.05 Å². The molecule has 3 aromatic rings. The number of imidazole rings is 1. The number of carbonyl (C=O) groups excluding carboxylic acids is 1. The van der Waals surface area contributed by atoms with Gasteiger partial charge in [0, 0.05) is 12.7 Å². The highest BCUT2D eigenvalue weighted by Gasteiger charge is 2.22. The fourth-order valence-electron chi connectivity index (χ4n) is 2.83. The zero-order valence-electron chi connectivity index (χ0n) is 13.8. The number of para-hydroxylation sites is 2. The molecule has 1 atom stereocenters. The second kappa shape index (κ2) is 5.87. The van der Waals surface area contributed by atoms with Gasteiger partial charge in [0.1, 0.15) is 5.82 Å². The molecule has 0 aliphatic heterocycles. The Kier molecular flexibility index (Phi) is 3.90. The van der Waals surface area contributed by atoms with Crippen LogP contribution in [0.25, 0.3) is 11.0 Å². The lowest BCUT2D eigenvalue weighted by Gasteiger charge is -2.14. The lowest BCUT2D eigenvalue weighted by atomic mass is 10.1. The number of H-pyrrole nitrogens is 1. The fraction of sp³-hybridized carbons (Fsp3) is 0.353. The number of aromatic amines is 1. The molecule has 0 spiro atoms. The monoisotopic (exact) mass is 311 g/mol. The van der Waals surface area contributed by atoms with Crippen molar-refractivity contribution in [3.63, 3.8) is 0 Å².